The maximum Gasteiger partial charge on any atom is 0.161 e. The second-order valence-electron chi connectivity index (χ2n) is 4.51. The molecule has 0 atom stereocenters. The summed E-state index contributed by atoms with van der Waals surface area (Å²) in [6, 6.07) is 7.47. The van der Waals surface area contributed by atoms with Crippen molar-refractivity contribution < 1.29 is 4.74 Å². The fourth-order valence-electron chi connectivity index (χ4n) is 1.84. The van der Waals surface area contributed by atoms with Crippen molar-refractivity contribution in [1.29, 1.82) is 0 Å². The fraction of sp³-hybridized carbons (Fsp3) is 0.308. The number of ether oxygens (including phenoxy) is 1. The topological polar surface area (TPSA) is 53.1 Å². The minimum atomic E-state index is -0.520. The first kappa shape index (κ1) is 11.5. The molecule has 0 spiro atoms. The third-order valence-electron chi connectivity index (χ3n) is 2.64. The van der Waals surface area contributed by atoms with E-state index in [0.717, 1.165) is 5.82 Å². The quantitative estimate of drug-likeness (QED) is 0.825. The van der Waals surface area contributed by atoms with E-state index in [0.29, 0.717) is 11.4 Å². The molecule has 1 heterocycles. The number of aromatic nitrogens is 2. The van der Waals surface area contributed by atoms with Crippen molar-refractivity contribution in [3.8, 4) is 5.75 Å². The lowest BCUT2D eigenvalue weighted by atomic mass is 10.1. The van der Waals surface area contributed by atoms with Gasteiger partial charge in [0.25, 0.3) is 0 Å². The van der Waals surface area contributed by atoms with Gasteiger partial charge in [0.05, 0.1) is 5.69 Å². The zero-order valence-electron chi connectivity index (χ0n) is 10.3. The first-order valence-corrected chi connectivity index (χ1v) is 5.52. The van der Waals surface area contributed by atoms with E-state index in [1.165, 1.54) is 0 Å². The van der Waals surface area contributed by atoms with Crippen molar-refractivity contribution in [3.05, 3.63) is 42.5 Å². The first-order chi connectivity index (χ1) is 8.00. The molecule has 4 heteroatoms. The van der Waals surface area contributed by atoms with E-state index in [2.05, 4.69) is 4.98 Å². The zero-order valence-corrected chi connectivity index (χ0v) is 10.3. The number of hydrogen-bond donors (Lipinski definition) is 1. The van der Waals surface area contributed by atoms with E-state index in [-0.39, 0.29) is 0 Å². The van der Waals surface area contributed by atoms with Gasteiger partial charge in [-0.3, -0.25) is 0 Å². The van der Waals surface area contributed by atoms with Gasteiger partial charge in [0, 0.05) is 19.4 Å². The number of benzene rings is 1. The number of rotatable bonds is 3. The highest BCUT2D eigenvalue weighted by Gasteiger charge is 2.27. The Morgan fingerprint density at radius 1 is 1.29 bits per heavy atom. The Bertz CT molecular complexity index is 517. The van der Waals surface area contributed by atoms with Crippen molar-refractivity contribution in [2.75, 3.05) is 5.73 Å². The van der Waals surface area contributed by atoms with Crippen molar-refractivity contribution >= 4 is 5.69 Å². The van der Waals surface area contributed by atoms with Crippen LogP contribution in [0.5, 0.6) is 5.75 Å². The Balaban J connectivity index is 2.30. The van der Waals surface area contributed by atoms with E-state index in [1.54, 1.807) is 6.20 Å². The highest BCUT2D eigenvalue weighted by Crippen LogP contribution is 2.29. The summed E-state index contributed by atoms with van der Waals surface area (Å²) in [5.41, 5.74) is 5.98. The second-order valence-corrected chi connectivity index (χ2v) is 4.51. The van der Waals surface area contributed by atoms with Gasteiger partial charge in [-0.15, -0.1) is 0 Å². The Morgan fingerprint density at radius 2 is 2.00 bits per heavy atom. The molecule has 2 aromatic rings. The lowest BCUT2D eigenvalue weighted by Gasteiger charge is -2.26. The van der Waals surface area contributed by atoms with E-state index in [4.69, 9.17) is 10.5 Å². The van der Waals surface area contributed by atoms with Gasteiger partial charge in [0.2, 0.25) is 0 Å². The third-order valence-corrected chi connectivity index (χ3v) is 2.64. The molecule has 2 N–H and O–H groups in total. The summed E-state index contributed by atoms with van der Waals surface area (Å²) < 4.78 is 7.89. The number of nitrogen functional groups attached to an aromatic ring is 1. The third kappa shape index (κ3) is 2.25. The zero-order chi connectivity index (χ0) is 12.5. The van der Waals surface area contributed by atoms with Gasteiger partial charge in [-0.25, -0.2) is 4.98 Å². The van der Waals surface area contributed by atoms with Crippen LogP contribution < -0.4 is 10.5 Å². The predicted molar refractivity (Wildman–Crippen MR) is 67.7 cm³/mol. The molecule has 0 fully saturated rings. The molecule has 1 aromatic carbocycles. The minimum Gasteiger partial charge on any atom is -0.478 e. The molecule has 0 saturated heterocycles. The van der Waals surface area contributed by atoms with Crippen molar-refractivity contribution in [3.63, 3.8) is 0 Å². The second kappa shape index (κ2) is 4.13. The van der Waals surface area contributed by atoms with E-state index < -0.39 is 5.60 Å². The monoisotopic (exact) mass is 231 g/mol. The molecule has 0 aliphatic heterocycles. The largest absolute Gasteiger partial charge is 0.478 e. The highest BCUT2D eigenvalue weighted by molar-refractivity contribution is 5.52. The molecule has 2 rings (SSSR count). The molecule has 4 nitrogen and oxygen atoms in total. The van der Waals surface area contributed by atoms with Crippen LogP contribution >= 0.6 is 0 Å². The highest BCUT2D eigenvalue weighted by atomic mass is 16.5. The first-order valence-electron chi connectivity index (χ1n) is 5.52. The average Bonchev–Trinajstić information content (AvgIpc) is 2.68. The van der Waals surface area contributed by atoms with Gasteiger partial charge in [0.1, 0.15) is 5.75 Å². The van der Waals surface area contributed by atoms with E-state index in [1.807, 2.05) is 55.9 Å². The number of imidazole rings is 1. The van der Waals surface area contributed by atoms with Crippen LogP contribution in [0.2, 0.25) is 0 Å². The Hall–Kier alpha value is -1.97. The average molecular weight is 231 g/mol. The summed E-state index contributed by atoms with van der Waals surface area (Å²) >= 11 is 0. The summed E-state index contributed by atoms with van der Waals surface area (Å²) in [5.74, 6) is 1.54. The molecule has 90 valence electrons. The van der Waals surface area contributed by atoms with Gasteiger partial charge in [-0.1, -0.05) is 12.1 Å². The maximum absolute atomic E-state index is 5.95. The van der Waals surface area contributed by atoms with Gasteiger partial charge in [-0.2, -0.15) is 0 Å². The van der Waals surface area contributed by atoms with Crippen LogP contribution in [0.1, 0.15) is 19.7 Å². The molecule has 0 amide bonds. The van der Waals surface area contributed by atoms with Gasteiger partial charge in [-0.05, 0) is 26.0 Å². The van der Waals surface area contributed by atoms with Crippen LogP contribution in [0.4, 0.5) is 5.69 Å². The lowest BCUT2D eigenvalue weighted by Crippen LogP contribution is -2.29. The van der Waals surface area contributed by atoms with Gasteiger partial charge < -0.3 is 15.0 Å². The van der Waals surface area contributed by atoms with Crippen molar-refractivity contribution in [1.82, 2.24) is 9.55 Å². The number of anilines is 1. The van der Waals surface area contributed by atoms with Crippen molar-refractivity contribution in [2.24, 2.45) is 7.05 Å². The number of nitrogens with two attached hydrogens (primary N) is 1. The molecular weight excluding hydrogens is 214 g/mol. The molecule has 0 aliphatic carbocycles. The van der Waals surface area contributed by atoms with Crippen LogP contribution in [0.3, 0.4) is 0 Å². The van der Waals surface area contributed by atoms with Crippen LogP contribution in [0.25, 0.3) is 0 Å². The Kier molecular flexibility index (Phi) is 2.79. The summed E-state index contributed by atoms with van der Waals surface area (Å²) in [6.45, 7) is 3.95. The molecule has 0 aliphatic rings. The minimum absolute atomic E-state index is 0.520. The summed E-state index contributed by atoms with van der Waals surface area (Å²) in [7, 11) is 1.95. The molecule has 0 unspecified atom stereocenters. The smallest absolute Gasteiger partial charge is 0.161 e. The van der Waals surface area contributed by atoms with Crippen LogP contribution in [0.15, 0.2) is 36.7 Å². The number of nitrogens with zero attached hydrogens (tertiary/aromatic N) is 2. The van der Waals surface area contributed by atoms with Gasteiger partial charge in [0.15, 0.2) is 11.4 Å². The standard InChI is InChI=1S/C13H17N3O/c1-13(2,12-15-8-9-16(12)3)17-11-7-5-4-6-10(11)14/h4-9H,14H2,1-3H3. The Labute approximate surface area is 101 Å². The van der Waals surface area contributed by atoms with E-state index in [9.17, 15) is 0 Å². The molecule has 0 saturated carbocycles. The SMILES string of the molecule is Cn1ccnc1C(C)(C)Oc1ccccc1N. The van der Waals surface area contributed by atoms with Crippen LogP contribution in [0, 0.1) is 0 Å². The molecule has 0 bridgehead atoms. The number of para-hydroxylation sites is 2. The molecule has 17 heavy (non-hydrogen) atoms. The number of hydrogen-bond acceptors (Lipinski definition) is 3. The summed E-state index contributed by atoms with van der Waals surface area (Å²) in [5, 5.41) is 0. The van der Waals surface area contributed by atoms with Crippen molar-refractivity contribution in [2.45, 2.75) is 19.4 Å². The molecule has 1 aromatic heterocycles. The predicted octanol–water partition coefficient (Wildman–Crippen LogP) is 2.32. The Morgan fingerprint density at radius 3 is 2.59 bits per heavy atom. The maximum atomic E-state index is 5.95. The van der Waals surface area contributed by atoms with Crippen LogP contribution in [-0.4, -0.2) is 9.55 Å². The van der Waals surface area contributed by atoms with Crippen LogP contribution in [-0.2, 0) is 12.6 Å². The van der Waals surface area contributed by atoms with Gasteiger partial charge >= 0.3 is 0 Å². The van der Waals surface area contributed by atoms with E-state index >= 15 is 0 Å². The lowest BCUT2D eigenvalue weighted by molar-refractivity contribution is 0.0963. The molecule has 0 radical (unpaired) electrons. The normalized spacial score (nSPS) is 11.5. The summed E-state index contributed by atoms with van der Waals surface area (Å²) in [6.07, 6.45) is 3.66. The molecular formula is C13H17N3O. The summed E-state index contributed by atoms with van der Waals surface area (Å²) in [4.78, 5) is 4.31. The number of aryl methyl sites for hydroxylation is 1. The fourth-order valence-corrected chi connectivity index (χ4v) is 1.84.